The number of rotatable bonds is 5. The number of amides is 1. The summed E-state index contributed by atoms with van der Waals surface area (Å²) in [7, 11) is 0. The van der Waals surface area contributed by atoms with E-state index in [-0.39, 0.29) is 11.3 Å². The molecule has 0 bridgehead atoms. The second-order valence-corrected chi connectivity index (χ2v) is 7.17. The van der Waals surface area contributed by atoms with Crippen molar-refractivity contribution in [1.29, 1.82) is 0 Å². The first-order valence-electron chi connectivity index (χ1n) is 9.09. The van der Waals surface area contributed by atoms with Crippen LogP contribution in [0.15, 0.2) is 42.9 Å². The van der Waals surface area contributed by atoms with Crippen LogP contribution in [0.5, 0.6) is 0 Å². The fraction of sp³-hybridized carbons (Fsp3) is 0.421. The smallest absolute Gasteiger partial charge is 0.225 e. The highest BCUT2D eigenvalue weighted by Crippen LogP contribution is 2.41. The van der Waals surface area contributed by atoms with Crippen LogP contribution >= 0.6 is 0 Å². The largest absolute Gasteiger partial charge is 0.325 e. The second-order valence-electron chi connectivity index (χ2n) is 7.17. The number of aromatic nitrogens is 5. The molecule has 2 heterocycles. The highest BCUT2D eigenvalue weighted by Gasteiger charge is 2.35. The van der Waals surface area contributed by atoms with Crippen molar-refractivity contribution >= 4 is 22.5 Å². The molecule has 134 valence electrons. The van der Waals surface area contributed by atoms with Crippen LogP contribution < -0.4 is 5.32 Å². The van der Waals surface area contributed by atoms with Crippen LogP contribution in [0, 0.1) is 5.41 Å². The lowest BCUT2D eigenvalue weighted by molar-refractivity contribution is -0.119. The molecule has 0 aliphatic heterocycles. The molecule has 0 unspecified atom stereocenters. The molecule has 26 heavy (non-hydrogen) atoms. The summed E-state index contributed by atoms with van der Waals surface area (Å²) in [5.74, 6) is 0.0383. The Bertz CT molecular complexity index is 881. The minimum Gasteiger partial charge on any atom is -0.325 e. The van der Waals surface area contributed by atoms with Gasteiger partial charge in [-0.25, -0.2) is 4.68 Å². The summed E-state index contributed by atoms with van der Waals surface area (Å²) in [5.41, 5.74) is 1.61. The lowest BCUT2D eigenvalue weighted by Gasteiger charge is -2.36. The Kier molecular flexibility index (Phi) is 4.60. The lowest BCUT2D eigenvalue weighted by atomic mass is 9.71. The molecular weight excluding hydrogens is 328 g/mol. The van der Waals surface area contributed by atoms with E-state index in [1.807, 2.05) is 30.3 Å². The summed E-state index contributed by atoms with van der Waals surface area (Å²) in [4.78, 5) is 17.2. The number of fused-ring (bicyclic) bond motifs is 1. The number of hydrogen-bond donors (Lipinski definition) is 1. The van der Waals surface area contributed by atoms with E-state index in [9.17, 15) is 4.79 Å². The van der Waals surface area contributed by atoms with Gasteiger partial charge in [0.05, 0.1) is 17.7 Å². The third kappa shape index (κ3) is 3.56. The van der Waals surface area contributed by atoms with Crippen molar-refractivity contribution in [2.75, 3.05) is 5.32 Å². The molecule has 1 fully saturated rings. The quantitative estimate of drug-likeness (QED) is 0.764. The average Bonchev–Trinajstić information content (AvgIpc) is 3.15. The van der Waals surface area contributed by atoms with Crippen LogP contribution in [0.3, 0.4) is 0 Å². The Morgan fingerprint density at radius 3 is 2.85 bits per heavy atom. The maximum atomic E-state index is 12.9. The molecule has 1 aliphatic carbocycles. The molecule has 0 radical (unpaired) electrons. The van der Waals surface area contributed by atoms with Gasteiger partial charge in [0, 0.05) is 18.0 Å². The van der Waals surface area contributed by atoms with Gasteiger partial charge in [-0.1, -0.05) is 25.3 Å². The van der Waals surface area contributed by atoms with Crippen molar-refractivity contribution in [1.82, 2.24) is 25.2 Å². The van der Waals surface area contributed by atoms with Crippen LogP contribution in [-0.4, -0.2) is 31.1 Å². The number of pyridine rings is 1. The number of nitrogens with one attached hydrogen (secondary N) is 1. The van der Waals surface area contributed by atoms with Gasteiger partial charge in [0.15, 0.2) is 0 Å². The Morgan fingerprint density at radius 2 is 2.04 bits per heavy atom. The van der Waals surface area contributed by atoms with Gasteiger partial charge in [-0.2, -0.15) is 0 Å². The first kappa shape index (κ1) is 16.6. The molecule has 1 amide bonds. The number of tetrazole rings is 1. The van der Waals surface area contributed by atoms with Gasteiger partial charge < -0.3 is 5.32 Å². The number of benzene rings is 1. The Balaban J connectivity index is 1.52. The fourth-order valence-corrected chi connectivity index (χ4v) is 4.04. The normalized spacial score (nSPS) is 16.5. The van der Waals surface area contributed by atoms with Crippen LogP contribution in [0.1, 0.15) is 38.5 Å². The predicted octanol–water partition coefficient (Wildman–Crippen LogP) is 3.20. The van der Waals surface area contributed by atoms with E-state index in [0.29, 0.717) is 13.0 Å². The first-order chi connectivity index (χ1) is 12.7. The standard InChI is InChI=1S/C19H22N6O/c26-18(22-17-8-4-7-16-15(17)6-5-11-20-16)12-19(9-2-1-3-10-19)13-25-14-21-23-24-25/h4-8,11,14H,1-3,9-10,12-13H2,(H,22,26). The Morgan fingerprint density at radius 1 is 1.15 bits per heavy atom. The highest BCUT2D eigenvalue weighted by molar-refractivity contribution is 6.01. The van der Waals surface area contributed by atoms with E-state index in [4.69, 9.17) is 0 Å². The van der Waals surface area contributed by atoms with Gasteiger partial charge >= 0.3 is 0 Å². The van der Waals surface area contributed by atoms with E-state index in [1.165, 1.54) is 6.42 Å². The molecule has 7 heteroatoms. The first-order valence-corrected chi connectivity index (χ1v) is 9.09. The molecule has 0 saturated heterocycles. The molecule has 7 nitrogen and oxygen atoms in total. The summed E-state index contributed by atoms with van der Waals surface area (Å²) >= 11 is 0. The summed E-state index contributed by atoms with van der Waals surface area (Å²) < 4.78 is 1.75. The van der Waals surface area contributed by atoms with Gasteiger partial charge in [0.25, 0.3) is 0 Å². The van der Waals surface area contributed by atoms with Gasteiger partial charge in [-0.05, 0) is 52.9 Å². The molecule has 4 rings (SSSR count). The Labute approximate surface area is 151 Å². The lowest BCUT2D eigenvalue weighted by Crippen LogP contribution is -2.34. The molecule has 3 aromatic rings. The third-order valence-corrected chi connectivity index (χ3v) is 5.26. The van der Waals surface area contributed by atoms with E-state index in [2.05, 4.69) is 25.8 Å². The van der Waals surface area contributed by atoms with Gasteiger partial charge in [-0.3, -0.25) is 9.78 Å². The zero-order chi connectivity index (χ0) is 17.8. The van der Waals surface area contributed by atoms with Crippen molar-refractivity contribution in [2.45, 2.75) is 45.1 Å². The van der Waals surface area contributed by atoms with E-state index < -0.39 is 0 Å². The average molecular weight is 350 g/mol. The van der Waals surface area contributed by atoms with Gasteiger partial charge in [0.2, 0.25) is 5.91 Å². The predicted molar refractivity (Wildman–Crippen MR) is 98.3 cm³/mol. The zero-order valence-corrected chi connectivity index (χ0v) is 14.6. The third-order valence-electron chi connectivity index (χ3n) is 5.26. The molecular formula is C19H22N6O. The van der Waals surface area contributed by atoms with E-state index in [1.54, 1.807) is 17.2 Å². The maximum absolute atomic E-state index is 12.9. The molecule has 0 atom stereocenters. The number of carbonyl (C=O) groups excluding carboxylic acids is 1. The topological polar surface area (TPSA) is 85.6 Å². The molecule has 1 aromatic carbocycles. The number of carbonyl (C=O) groups is 1. The number of nitrogens with zero attached hydrogens (tertiary/aromatic N) is 5. The van der Waals surface area contributed by atoms with Gasteiger partial charge in [0.1, 0.15) is 6.33 Å². The van der Waals surface area contributed by atoms with Crippen molar-refractivity contribution < 1.29 is 4.79 Å². The Hall–Kier alpha value is -2.83. The van der Waals surface area contributed by atoms with Crippen molar-refractivity contribution in [3.05, 3.63) is 42.9 Å². The molecule has 2 aromatic heterocycles. The SMILES string of the molecule is O=C(CC1(Cn2cnnn2)CCCCC1)Nc1cccc2ncccc12. The summed E-state index contributed by atoms with van der Waals surface area (Å²) in [6.45, 7) is 0.685. The second kappa shape index (κ2) is 7.19. The fourth-order valence-electron chi connectivity index (χ4n) is 4.04. The van der Waals surface area contributed by atoms with Gasteiger partial charge in [-0.15, -0.1) is 5.10 Å². The van der Waals surface area contributed by atoms with E-state index in [0.717, 1.165) is 42.3 Å². The van der Waals surface area contributed by atoms with Crippen LogP contribution in [0.2, 0.25) is 0 Å². The van der Waals surface area contributed by atoms with Crippen LogP contribution in [-0.2, 0) is 11.3 Å². The van der Waals surface area contributed by atoms with Crippen molar-refractivity contribution in [3.8, 4) is 0 Å². The summed E-state index contributed by atoms with van der Waals surface area (Å²) in [6, 6.07) is 9.66. The maximum Gasteiger partial charge on any atom is 0.225 e. The van der Waals surface area contributed by atoms with Crippen molar-refractivity contribution in [3.63, 3.8) is 0 Å². The van der Waals surface area contributed by atoms with Crippen LogP contribution in [0.4, 0.5) is 5.69 Å². The zero-order valence-electron chi connectivity index (χ0n) is 14.6. The molecule has 0 spiro atoms. The number of anilines is 1. The molecule has 1 saturated carbocycles. The monoisotopic (exact) mass is 350 g/mol. The van der Waals surface area contributed by atoms with Crippen molar-refractivity contribution in [2.24, 2.45) is 5.41 Å². The minimum absolute atomic E-state index is 0.0383. The van der Waals surface area contributed by atoms with E-state index >= 15 is 0 Å². The summed E-state index contributed by atoms with van der Waals surface area (Å²) in [6.07, 6.45) is 9.44. The molecule has 1 aliphatic rings. The number of hydrogen-bond acceptors (Lipinski definition) is 5. The van der Waals surface area contributed by atoms with Crippen LogP contribution in [0.25, 0.3) is 10.9 Å². The summed E-state index contributed by atoms with van der Waals surface area (Å²) in [5, 5.41) is 15.5. The molecule has 1 N–H and O–H groups in total. The highest BCUT2D eigenvalue weighted by atomic mass is 16.1. The minimum atomic E-state index is -0.0828.